The van der Waals surface area contributed by atoms with E-state index in [1.54, 1.807) is 13.0 Å². The second-order valence-electron chi connectivity index (χ2n) is 16.3. The maximum atomic E-state index is 13.6. The van der Waals surface area contributed by atoms with Gasteiger partial charge in [-0.05, 0) is 64.4 Å². The first-order chi connectivity index (χ1) is 25.2. The number of aliphatic hydroxyl groups is 7. The number of aliphatic hydroxyl groups excluding tert-OH is 4. The minimum atomic E-state index is -2.44. The minimum Gasteiger partial charge on any atom is -0.465 e. The number of esters is 3. The standard InChI is InChI=1S/C38H52O16/c1-18-13-27(54-32(46)22(18)16-50-33-31(45)30(44)29(43)25(15-39)53-33)35(5,47)37(48)14-28(52-20(3)41)38(49)24-10-9-21-7-6-8-26(42)34(21,4)23(24)11-12-36(37,38)17-51-19(2)40/h6,8-9,23-25,27-31,33,39,43-45,47-49H,7,10-17H2,1-5H3/t23-,24+,25+,27+,28-,29+,30-,31+,33+,34-,35-,36-,37+,38-/m0/s1. The fraction of sp³-hybridized carbons (Fsp3) is 0.737. The molecule has 54 heavy (non-hydrogen) atoms. The van der Waals surface area contributed by atoms with E-state index in [1.165, 1.54) is 13.0 Å². The average molecular weight is 765 g/mol. The molecule has 6 aliphatic rings. The zero-order valence-electron chi connectivity index (χ0n) is 31.1. The molecule has 1 saturated heterocycles. The molecule has 2 saturated carbocycles. The van der Waals surface area contributed by atoms with Gasteiger partial charge in [-0.3, -0.25) is 14.4 Å². The van der Waals surface area contributed by atoms with E-state index >= 15 is 0 Å². The quantitative estimate of drug-likeness (QED) is 0.0881. The van der Waals surface area contributed by atoms with Crippen LogP contribution in [0, 0.1) is 22.7 Å². The van der Waals surface area contributed by atoms with Crippen LogP contribution in [0.3, 0.4) is 0 Å². The van der Waals surface area contributed by atoms with Crippen LogP contribution in [0.2, 0.25) is 0 Å². The van der Waals surface area contributed by atoms with Gasteiger partial charge < -0.3 is 59.4 Å². The smallest absolute Gasteiger partial charge is 0.336 e. The molecule has 2 heterocycles. The highest BCUT2D eigenvalue weighted by molar-refractivity contribution is 5.98. The van der Waals surface area contributed by atoms with Gasteiger partial charge in [0.1, 0.15) is 60.0 Å². The monoisotopic (exact) mass is 764 g/mol. The highest BCUT2D eigenvalue weighted by atomic mass is 16.7. The Balaban J connectivity index is 1.36. The van der Waals surface area contributed by atoms with Crippen LogP contribution >= 0.6 is 0 Å². The van der Waals surface area contributed by atoms with Gasteiger partial charge >= 0.3 is 17.9 Å². The lowest BCUT2D eigenvalue weighted by Crippen LogP contribution is -2.75. The molecule has 300 valence electrons. The topological polar surface area (TPSA) is 256 Å². The molecular weight excluding hydrogens is 712 g/mol. The van der Waals surface area contributed by atoms with Gasteiger partial charge in [-0.15, -0.1) is 0 Å². The highest BCUT2D eigenvalue weighted by Gasteiger charge is 2.82. The zero-order valence-corrected chi connectivity index (χ0v) is 31.1. The Morgan fingerprint density at radius 3 is 2.39 bits per heavy atom. The lowest BCUT2D eigenvalue weighted by Gasteiger charge is -2.63. The molecule has 0 amide bonds. The van der Waals surface area contributed by atoms with Gasteiger partial charge in [0, 0.05) is 26.7 Å². The van der Waals surface area contributed by atoms with E-state index in [-0.39, 0.29) is 37.0 Å². The van der Waals surface area contributed by atoms with Crippen molar-refractivity contribution in [3.05, 3.63) is 34.9 Å². The van der Waals surface area contributed by atoms with E-state index in [0.29, 0.717) is 12.0 Å². The third kappa shape index (κ3) is 5.83. The fourth-order valence-electron chi connectivity index (χ4n) is 10.5. The summed E-state index contributed by atoms with van der Waals surface area (Å²) >= 11 is 0. The van der Waals surface area contributed by atoms with E-state index < -0.39 is 127 Å². The van der Waals surface area contributed by atoms with E-state index in [0.717, 1.165) is 19.4 Å². The number of carbonyl (C=O) groups is 4. The van der Waals surface area contributed by atoms with Crippen molar-refractivity contribution >= 4 is 23.7 Å². The molecule has 3 fully saturated rings. The zero-order chi connectivity index (χ0) is 39.8. The van der Waals surface area contributed by atoms with Crippen molar-refractivity contribution in [3.63, 3.8) is 0 Å². The maximum Gasteiger partial charge on any atom is 0.336 e. The summed E-state index contributed by atoms with van der Waals surface area (Å²) in [5.74, 6) is -3.88. The first-order valence-corrected chi connectivity index (χ1v) is 18.4. The van der Waals surface area contributed by atoms with Gasteiger partial charge in [-0.1, -0.05) is 23.3 Å². The normalized spacial score (nSPS) is 44.3. The van der Waals surface area contributed by atoms with Crippen LogP contribution in [-0.4, -0.2) is 139 Å². The first kappa shape index (κ1) is 40.6. The second-order valence-corrected chi connectivity index (χ2v) is 16.3. The van der Waals surface area contributed by atoms with Gasteiger partial charge in [0.15, 0.2) is 12.1 Å². The molecule has 0 bridgehead atoms. The van der Waals surface area contributed by atoms with Crippen LogP contribution in [0.4, 0.5) is 0 Å². The third-order valence-corrected chi connectivity index (χ3v) is 13.6. The summed E-state index contributed by atoms with van der Waals surface area (Å²) in [5, 5.41) is 79.2. The molecule has 0 aromatic carbocycles. The summed E-state index contributed by atoms with van der Waals surface area (Å²) in [7, 11) is 0. The SMILES string of the molecule is CC(=O)OC[C@]12CC[C@H]3[C@@H](CC=C4CC=CC(=O)[C@@]43C)[C@]1(O)[C@@H](OC(C)=O)C[C@@]2(O)[C@@](C)(O)[C@H]1CC(C)=C(CO[C@@H]2O[C@H](CO)[C@@H](O)[C@H](O)[C@H]2O)C(=O)O1. The Morgan fingerprint density at radius 1 is 1.06 bits per heavy atom. The number of allylic oxidation sites excluding steroid dienone is 4. The predicted molar refractivity (Wildman–Crippen MR) is 182 cm³/mol. The van der Waals surface area contributed by atoms with E-state index in [1.807, 2.05) is 13.0 Å². The molecule has 0 spiro atoms. The van der Waals surface area contributed by atoms with Gasteiger partial charge in [0.25, 0.3) is 0 Å². The van der Waals surface area contributed by atoms with Crippen molar-refractivity contribution in [2.24, 2.45) is 22.7 Å². The summed E-state index contributed by atoms with van der Waals surface area (Å²) in [6.07, 6.45) is -5.24. The van der Waals surface area contributed by atoms with Crippen LogP contribution in [0.25, 0.3) is 0 Å². The Labute approximate surface area is 312 Å². The number of ketones is 1. The third-order valence-electron chi connectivity index (χ3n) is 13.6. The van der Waals surface area contributed by atoms with Crippen LogP contribution in [0.15, 0.2) is 34.9 Å². The molecule has 4 aliphatic carbocycles. The number of hydrogen-bond donors (Lipinski definition) is 7. The molecule has 16 heteroatoms. The molecule has 14 atom stereocenters. The minimum absolute atomic E-state index is 0.0221. The second kappa shape index (κ2) is 14.2. The molecule has 7 N–H and O–H groups in total. The lowest BCUT2D eigenvalue weighted by molar-refractivity contribution is -0.301. The van der Waals surface area contributed by atoms with E-state index in [9.17, 15) is 54.9 Å². The fourth-order valence-corrected chi connectivity index (χ4v) is 10.5. The van der Waals surface area contributed by atoms with Crippen molar-refractivity contribution in [1.29, 1.82) is 0 Å². The van der Waals surface area contributed by atoms with E-state index in [4.69, 9.17) is 23.7 Å². The summed E-state index contributed by atoms with van der Waals surface area (Å²) in [4.78, 5) is 52.2. The Bertz CT molecular complexity index is 1650. The van der Waals surface area contributed by atoms with Crippen molar-refractivity contribution < 1.29 is 78.6 Å². The predicted octanol–water partition coefficient (Wildman–Crippen LogP) is -0.575. The van der Waals surface area contributed by atoms with Gasteiger partial charge in [0.2, 0.25) is 0 Å². The number of fused-ring (bicyclic) bond motifs is 5. The van der Waals surface area contributed by atoms with Crippen molar-refractivity contribution in [1.82, 2.24) is 0 Å². The Hall–Kier alpha value is -3.06. The number of ether oxygens (including phenoxy) is 5. The Morgan fingerprint density at radius 2 is 1.76 bits per heavy atom. The summed E-state index contributed by atoms with van der Waals surface area (Å²) < 4.78 is 28.1. The van der Waals surface area contributed by atoms with Crippen molar-refractivity contribution in [2.45, 2.75) is 133 Å². The van der Waals surface area contributed by atoms with Crippen LogP contribution in [0.5, 0.6) is 0 Å². The first-order valence-electron chi connectivity index (χ1n) is 18.4. The van der Waals surface area contributed by atoms with E-state index in [2.05, 4.69) is 0 Å². The van der Waals surface area contributed by atoms with Crippen molar-refractivity contribution in [3.8, 4) is 0 Å². The number of carbonyl (C=O) groups excluding carboxylic acids is 4. The average Bonchev–Trinajstić information content (AvgIpc) is 3.30. The molecule has 6 rings (SSSR count). The molecule has 2 aliphatic heterocycles. The molecule has 0 aromatic heterocycles. The molecule has 0 aromatic rings. The molecule has 0 unspecified atom stereocenters. The molecule has 0 radical (unpaired) electrons. The lowest BCUT2D eigenvalue weighted by atomic mass is 9.44. The maximum absolute atomic E-state index is 13.6. The summed E-state index contributed by atoms with van der Waals surface area (Å²) in [5.41, 5.74) is -8.66. The largest absolute Gasteiger partial charge is 0.465 e. The van der Waals surface area contributed by atoms with Crippen LogP contribution in [0.1, 0.15) is 73.1 Å². The van der Waals surface area contributed by atoms with Gasteiger partial charge in [-0.2, -0.15) is 0 Å². The van der Waals surface area contributed by atoms with Crippen molar-refractivity contribution in [2.75, 3.05) is 19.8 Å². The molecular formula is C38H52O16. The number of rotatable bonds is 9. The van der Waals surface area contributed by atoms with Gasteiger partial charge in [0.05, 0.1) is 29.6 Å². The summed E-state index contributed by atoms with van der Waals surface area (Å²) in [6, 6.07) is 0. The number of cyclic esters (lactones) is 1. The van der Waals surface area contributed by atoms with Gasteiger partial charge in [-0.25, -0.2) is 4.79 Å². The Kier molecular flexibility index (Phi) is 10.6. The highest BCUT2D eigenvalue weighted by Crippen LogP contribution is 2.71. The van der Waals surface area contributed by atoms with Crippen LogP contribution < -0.4 is 0 Å². The summed E-state index contributed by atoms with van der Waals surface area (Å²) in [6.45, 7) is 5.17. The molecule has 16 nitrogen and oxygen atoms in total. The number of hydrogen-bond acceptors (Lipinski definition) is 16. The van der Waals surface area contributed by atoms with Crippen LogP contribution in [-0.2, 0) is 42.9 Å².